The lowest BCUT2D eigenvalue weighted by Crippen LogP contribution is -2.28. The van der Waals surface area contributed by atoms with Crippen LogP contribution < -0.4 is 9.64 Å². The van der Waals surface area contributed by atoms with Gasteiger partial charge in [0.05, 0.1) is 13.0 Å². The molecule has 1 aliphatic rings. The van der Waals surface area contributed by atoms with Gasteiger partial charge in [0, 0.05) is 12.7 Å². The van der Waals surface area contributed by atoms with Crippen molar-refractivity contribution in [1.82, 2.24) is 4.98 Å². The maximum absolute atomic E-state index is 12.4. The second-order valence-corrected chi connectivity index (χ2v) is 5.66. The van der Waals surface area contributed by atoms with E-state index in [9.17, 15) is 4.79 Å². The molecule has 0 atom stereocenters. The molecule has 0 saturated heterocycles. The summed E-state index contributed by atoms with van der Waals surface area (Å²) in [5, 5.41) is 0. The van der Waals surface area contributed by atoms with Crippen LogP contribution in [0.4, 0.5) is 5.82 Å². The van der Waals surface area contributed by atoms with Gasteiger partial charge in [-0.3, -0.25) is 9.69 Å². The first kappa shape index (κ1) is 14.6. The Morgan fingerprint density at radius 3 is 3.00 bits per heavy atom. The van der Waals surface area contributed by atoms with Crippen LogP contribution in [0.3, 0.4) is 0 Å². The number of nitrogens with zero attached hydrogens (tertiary/aromatic N) is 2. The number of hydrogen-bond acceptors (Lipinski definition) is 3. The number of aromatic nitrogens is 1. The number of aryl methyl sites for hydroxylation is 2. The van der Waals surface area contributed by atoms with Crippen LogP contribution in [0, 0.1) is 6.92 Å². The van der Waals surface area contributed by atoms with E-state index >= 15 is 0 Å². The molecule has 0 saturated carbocycles. The highest BCUT2D eigenvalue weighted by molar-refractivity contribution is 5.93. The van der Waals surface area contributed by atoms with Gasteiger partial charge in [-0.1, -0.05) is 18.2 Å². The normalized spacial score (nSPS) is 13.2. The molecule has 0 fully saturated rings. The Morgan fingerprint density at radius 2 is 2.18 bits per heavy atom. The lowest BCUT2D eigenvalue weighted by molar-refractivity contribution is -0.117. The molecule has 1 aromatic carbocycles. The van der Waals surface area contributed by atoms with E-state index in [4.69, 9.17) is 4.74 Å². The van der Waals surface area contributed by atoms with Gasteiger partial charge in [0.25, 0.3) is 0 Å². The molecule has 1 aliphatic heterocycles. The van der Waals surface area contributed by atoms with E-state index in [1.807, 2.05) is 37.3 Å². The fourth-order valence-corrected chi connectivity index (χ4v) is 2.66. The number of fused-ring (bicyclic) bond motifs is 1. The summed E-state index contributed by atoms with van der Waals surface area (Å²) in [6, 6.07) is 11.7. The number of carbonyl (C=O) groups excluding carboxylic acids is 1. The Labute approximate surface area is 130 Å². The summed E-state index contributed by atoms with van der Waals surface area (Å²) < 4.78 is 5.61. The van der Waals surface area contributed by atoms with Crippen molar-refractivity contribution in [3.63, 3.8) is 0 Å². The van der Waals surface area contributed by atoms with Crippen molar-refractivity contribution in [1.29, 1.82) is 0 Å². The number of amides is 1. The van der Waals surface area contributed by atoms with Crippen LogP contribution in [0.15, 0.2) is 36.4 Å². The average molecular weight is 296 g/mol. The van der Waals surface area contributed by atoms with E-state index < -0.39 is 0 Å². The Morgan fingerprint density at radius 1 is 1.32 bits per heavy atom. The van der Waals surface area contributed by atoms with Crippen molar-refractivity contribution in [3.8, 4) is 5.75 Å². The van der Waals surface area contributed by atoms with E-state index in [0.717, 1.165) is 36.5 Å². The van der Waals surface area contributed by atoms with E-state index in [2.05, 4.69) is 11.1 Å². The molecule has 3 rings (SSSR count). The number of rotatable bonds is 3. The van der Waals surface area contributed by atoms with Crippen molar-refractivity contribution in [2.45, 2.75) is 26.2 Å². The molecular formula is C18H20N2O2. The maximum atomic E-state index is 12.4. The quantitative estimate of drug-likeness (QED) is 0.874. The monoisotopic (exact) mass is 296 g/mol. The molecule has 0 aliphatic carbocycles. The van der Waals surface area contributed by atoms with Crippen LogP contribution in [-0.2, 0) is 17.6 Å². The van der Waals surface area contributed by atoms with E-state index in [1.54, 1.807) is 11.9 Å². The molecule has 22 heavy (non-hydrogen) atoms. The van der Waals surface area contributed by atoms with Crippen molar-refractivity contribution in [3.05, 3.63) is 53.2 Å². The smallest absolute Gasteiger partial charge is 0.232 e. The van der Waals surface area contributed by atoms with Gasteiger partial charge in [-0.25, -0.2) is 4.98 Å². The van der Waals surface area contributed by atoms with E-state index in [1.165, 1.54) is 5.56 Å². The zero-order chi connectivity index (χ0) is 15.5. The summed E-state index contributed by atoms with van der Waals surface area (Å²) in [5.41, 5.74) is 3.13. The predicted octanol–water partition coefficient (Wildman–Crippen LogP) is 2.92. The number of benzene rings is 1. The largest absolute Gasteiger partial charge is 0.493 e. The van der Waals surface area contributed by atoms with Gasteiger partial charge in [-0.05, 0) is 49.1 Å². The summed E-state index contributed by atoms with van der Waals surface area (Å²) in [5.74, 6) is 1.68. The van der Waals surface area contributed by atoms with Crippen molar-refractivity contribution < 1.29 is 9.53 Å². The van der Waals surface area contributed by atoms with Gasteiger partial charge in [0.15, 0.2) is 0 Å². The third kappa shape index (κ3) is 3.11. The summed E-state index contributed by atoms with van der Waals surface area (Å²) in [6.07, 6.45) is 2.43. The Kier molecular flexibility index (Phi) is 4.09. The Bertz CT molecular complexity index is 697. The Balaban J connectivity index is 1.73. The SMILES string of the molecule is Cc1cccc(N(C)C(=O)Cc2ccc3c(c2)CCCO3)n1. The number of carbonyl (C=O) groups is 1. The number of hydrogen-bond donors (Lipinski definition) is 0. The molecule has 114 valence electrons. The number of pyridine rings is 1. The molecule has 0 unspecified atom stereocenters. The molecule has 1 amide bonds. The maximum Gasteiger partial charge on any atom is 0.232 e. The van der Waals surface area contributed by atoms with Gasteiger partial charge in [0.2, 0.25) is 5.91 Å². The summed E-state index contributed by atoms with van der Waals surface area (Å²) in [7, 11) is 1.77. The van der Waals surface area contributed by atoms with Crippen molar-refractivity contribution in [2.24, 2.45) is 0 Å². The molecule has 2 aromatic rings. The minimum atomic E-state index is 0.0368. The second-order valence-electron chi connectivity index (χ2n) is 5.66. The van der Waals surface area contributed by atoms with Crippen LogP contribution >= 0.6 is 0 Å². The van der Waals surface area contributed by atoms with Crippen LogP contribution in [0.2, 0.25) is 0 Å². The molecule has 2 heterocycles. The first-order chi connectivity index (χ1) is 10.6. The molecule has 1 aromatic heterocycles. The zero-order valence-corrected chi connectivity index (χ0v) is 13.0. The number of anilines is 1. The average Bonchev–Trinajstić information content (AvgIpc) is 2.54. The minimum absolute atomic E-state index is 0.0368. The fourth-order valence-electron chi connectivity index (χ4n) is 2.66. The highest BCUT2D eigenvalue weighted by Crippen LogP contribution is 2.26. The minimum Gasteiger partial charge on any atom is -0.493 e. The van der Waals surface area contributed by atoms with Crippen LogP contribution in [0.5, 0.6) is 5.75 Å². The summed E-state index contributed by atoms with van der Waals surface area (Å²) >= 11 is 0. The first-order valence-corrected chi connectivity index (χ1v) is 7.58. The molecule has 0 radical (unpaired) electrons. The summed E-state index contributed by atoms with van der Waals surface area (Å²) in [4.78, 5) is 18.5. The summed E-state index contributed by atoms with van der Waals surface area (Å²) in [6.45, 7) is 2.71. The zero-order valence-electron chi connectivity index (χ0n) is 13.0. The lowest BCUT2D eigenvalue weighted by atomic mass is 10.0. The van der Waals surface area contributed by atoms with Crippen LogP contribution in [-0.4, -0.2) is 24.5 Å². The van der Waals surface area contributed by atoms with Gasteiger partial charge in [-0.15, -0.1) is 0 Å². The highest BCUT2D eigenvalue weighted by atomic mass is 16.5. The molecule has 4 nitrogen and oxygen atoms in total. The van der Waals surface area contributed by atoms with Gasteiger partial charge >= 0.3 is 0 Å². The molecular weight excluding hydrogens is 276 g/mol. The fraction of sp³-hybridized carbons (Fsp3) is 0.333. The van der Waals surface area contributed by atoms with E-state index in [0.29, 0.717) is 12.2 Å². The molecule has 4 heteroatoms. The third-order valence-corrected chi connectivity index (χ3v) is 3.92. The first-order valence-electron chi connectivity index (χ1n) is 7.58. The van der Waals surface area contributed by atoms with E-state index in [-0.39, 0.29) is 5.91 Å². The van der Waals surface area contributed by atoms with Gasteiger partial charge in [-0.2, -0.15) is 0 Å². The lowest BCUT2D eigenvalue weighted by Gasteiger charge is -2.19. The topological polar surface area (TPSA) is 42.4 Å². The van der Waals surface area contributed by atoms with Crippen molar-refractivity contribution in [2.75, 3.05) is 18.6 Å². The second kappa shape index (κ2) is 6.18. The molecule has 0 N–H and O–H groups in total. The Hall–Kier alpha value is -2.36. The van der Waals surface area contributed by atoms with Crippen molar-refractivity contribution >= 4 is 11.7 Å². The predicted molar refractivity (Wildman–Crippen MR) is 86.3 cm³/mol. The van der Waals surface area contributed by atoms with Crippen LogP contribution in [0.25, 0.3) is 0 Å². The standard InChI is InChI=1S/C18H20N2O2/c1-13-5-3-7-17(19-13)20(2)18(21)12-14-8-9-16-15(11-14)6-4-10-22-16/h3,5,7-9,11H,4,6,10,12H2,1-2H3. The van der Waals surface area contributed by atoms with Crippen LogP contribution in [0.1, 0.15) is 23.2 Å². The third-order valence-electron chi connectivity index (χ3n) is 3.92. The van der Waals surface area contributed by atoms with Gasteiger partial charge in [0.1, 0.15) is 11.6 Å². The molecule has 0 bridgehead atoms. The number of ether oxygens (including phenoxy) is 1. The highest BCUT2D eigenvalue weighted by Gasteiger charge is 2.15. The molecule has 0 spiro atoms. The number of likely N-dealkylation sites (N-methyl/N-ethyl adjacent to an activating group) is 1. The van der Waals surface area contributed by atoms with Gasteiger partial charge < -0.3 is 4.74 Å².